The first-order chi connectivity index (χ1) is 11.4. The van der Waals surface area contributed by atoms with E-state index >= 15 is 0 Å². The van der Waals surface area contributed by atoms with Crippen molar-refractivity contribution in [2.45, 2.75) is 31.4 Å². The van der Waals surface area contributed by atoms with Crippen LogP contribution in [0.2, 0.25) is 0 Å². The minimum Gasteiger partial charge on any atom is -0.490 e. The fourth-order valence-electron chi connectivity index (χ4n) is 3.86. The van der Waals surface area contributed by atoms with E-state index in [0.717, 1.165) is 38.9 Å². The lowest BCUT2D eigenvalue weighted by Gasteiger charge is -2.41. The second-order valence-corrected chi connectivity index (χ2v) is 6.61. The van der Waals surface area contributed by atoms with Crippen LogP contribution in [0.4, 0.5) is 0 Å². The van der Waals surface area contributed by atoms with Crippen molar-refractivity contribution >= 4 is 0 Å². The maximum atomic E-state index is 6.25. The molecule has 23 heavy (non-hydrogen) atoms. The monoisotopic (exact) mass is 305 g/mol. The number of piperidine rings is 1. The second kappa shape index (κ2) is 6.21. The van der Waals surface area contributed by atoms with Gasteiger partial charge in [0.05, 0.1) is 6.26 Å². The zero-order valence-electron chi connectivity index (χ0n) is 13.4. The Bertz CT molecular complexity index is 684. The van der Waals surface area contributed by atoms with Crippen LogP contribution >= 0.6 is 0 Å². The van der Waals surface area contributed by atoms with Crippen molar-refractivity contribution in [3.63, 3.8) is 0 Å². The van der Waals surface area contributed by atoms with Gasteiger partial charge in [0.15, 0.2) is 0 Å². The predicted molar refractivity (Wildman–Crippen MR) is 93.0 cm³/mol. The summed E-state index contributed by atoms with van der Waals surface area (Å²) in [5.41, 5.74) is 4.07. The Morgan fingerprint density at radius 1 is 0.913 bits per heavy atom. The maximum absolute atomic E-state index is 6.25. The van der Waals surface area contributed by atoms with Crippen LogP contribution in [-0.2, 0) is 23.3 Å². The predicted octanol–water partition coefficient (Wildman–Crippen LogP) is 4.26. The van der Waals surface area contributed by atoms with E-state index in [-0.39, 0.29) is 5.60 Å². The van der Waals surface area contributed by atoms with Gasteiger partial charge in [-0.15, -0.1) is 0 Å². The Hall–Kier alpha value is -2.06. The molecule has 2 heteroatoms. The number of hydrogen-bond donors (Lipinski definition) is 0. The van der Waals surface area contributed by atoms with Gasteiger partial charge in [-0.3, -0.25) is 4.90 Å². The number of rotatable bonds is 2. The molecule has 118 valence electrons. The molecule has 0 bridgehead atoms. The number of hydrogen-bond acceptors (Lipinski definition) is 2. The molecule has 4 rings (SSSR count). The van der Waals surface area contributed by atoms with Crippen LogP contribution in [0.15, 0.2) is 66.9 Å². The van der Waals surface area contributed by atoms with Gasteiger partial charge >= 0.3 is 0 Å². The van der Waals surface area contributed by atoms with Crippen molar-refractivity contribution in [2.24, 2.45) is 0 Å². The van der Waals surface area contributed by atoms with Crippen molar-refractivity contribution in [1.82, 2.24) is 4.90 Å². The van der Waals surface area contributed by atoms with Gasteiger partial charge in [0.2, 0.25) is 0 Å². The molecule has 0 radical (unpaired) electrons. The van der Waals surface area contributed by atoms with Gasteiger partial charge in [-0.05, 0) is 29.2 Å². The lowest BCUT2D eigenvalue weighted by Crippen LogP contribution is -2.43. The number of ether oxygens (including phenoxy) is 1. The molecule has 2 aromatic carbocycles. The Morgan fingerprint density at radius 2 is 1.65 bits per heavy atom. The SMILES string of the molecule is C1=COC2(CCN(Cc3ccccc3)CC2)c2ccccc2C1. The quantitative estimate of drug-likeness (QED) is 0.822. The van der Waals surface area contributed by atoms with Crippen molar-refractivity contribution in [1.29, 1.82) is 0 Å². The van der Waals surface area contributed by atoms with Crippen molar-refractivity contribution in [2.75, 3.05) is 13.1 Å². The molecule has 0 amide bonds. The lowest BCUT2D eigenvalue weighted by molar-refractivity contribution is -0.0391. The summed E-state index contributed by atoms with van der Waals surface area (Å²) < 4.78 is 6.25. The van der Waals surface area contributed by atoms with Gasteiger partial charge in [0.25, 0.3) is 0 Å². The summed E-state index contributed by atoms with van der Waals surface area (Å²) in [6, 6.07) is 19.5. The minimum absolute atomic E-state index is 0.128. The van der Waals surface area contributed by atoms with Gasteiger partial charge < -0.3 is 4.74 Å². The first kappa shape index (κ1) is 14.5. The summed E-state index contributed by atoms with van der Waals surface area (Å²) >= 11 is 0. The molecule has 2 aliphatic rings. The molecular weight excluding hydrogens is 282 g/mol. The molecule has 0 unspecified atom stereocenters. The van der Waals surface area contributed by atoms with Gasteiger partial charge in [-0.1, -0.05) is 54.6 Å². The van der Waals surface area contributed by atoms with E-state index in [2.05, 4.69) is 65.6 Å². The molecule has 1 saturated heterocycles. The van der Waals surface area contributed by atoms with Crippen LogP contribution in [-0.4, -0.2) is 18.0 Å². The molecule has 0 aliphatic carbocycles. The Balaban J connectivity index is 1.51. The highest BCUT2D eigenvalue weighted by atomic mass is 16.5. The van der Waals surface area contributed by atoms with Crippen molar-refractivity contribution in [3.8, 4) is 0 Å². The van der Waals surface area contributed by atoms with Crippen LogP contribution in [0, 0.1) is 0 Å². The normalized spacial score (nSPS) is 19.8. The molecule has 0 aromatic heterocycles. The third kappa shape index (κ3) is 2.91. The van der Waals surface area contributed by atoms with Crippen LogP contribution in [0.5, 0.6) is 0 Å². The molecule has 2 aliphatic heterocycles. The van der Waals surface area contributed by atoms with E-state index in [1.54, 1.807) is 0 Å². The number of benzene rings is 2. The van der Waals surface area contributed by atoms with Gasteiger partial charge in [0.1, 0.15) is 5.60 Å². The topological polar surface area (TPSA) is 12.5 Å². The third-order valence-electron chi connectivity index (χ3n) is 5.15. The maximum Gasteiger partial charge on any atom is 0.136 e. The highest BCUT2D eigenvalue weighted by Crippen LogP contribution is 2.40. The van der Waals surface area contributed by atoms with E-state index < -0.39 is 0 Å². The van der Waals surface area contributed by atoms with Crippen LogP contribution in [0.1, 0.15) is 29.5 Å². The van der Waals surface area contributed by atoms with E-state index in [1.165, 1.54) is 16.7 Å². The molecule has 2 nitrogen and oxygen atoms in total. The van der Waals surface area contributed by atoms with Crippen molar-refractivity contribution < 1.29 is 4.74 Å². The molecule has 2 heterocycles. The molecule has 1 spiro atoms. The first-order valence-electron chi connectivity index (χ1n) is 8.53. The fraction of sp³-hybridized carbons (Fsp3) is 0.333. The largest absolute Gasteiger partial charge is 0.490 e. The highest BCUT2D eigenvalue weighted by molar-refractivity contribution is 5.36. The molecule has 0 atom stereocenters. The zero-order valence-corrected chi connectivity index (χ0v) is 13.4. The molecule has 2 aromatic rings. The summed E-state index contributed by atoms with van der Waals surface area (Å²) in [7, 11) is 0. The van der Waals surface area contributed by atoms with E-state index in [1.807, 2.05) is 6.26 Å². The zero-order chi connectivity index (χ0) is 15.5. The fourth-order valence-corrected chi connectivity index (χ4v) is 3.86. The number of allylic oxidation sites excluding steroid dienone is 1. The second-order valence-electron chi connectivity index (χ2n) is 6.61. The summed E-state index contributed by atoms with van der Waals surface area (Å²) in [6.45, 7) is 3.20. The summed E-state index contributed by atoms with van der Waals surface area (Å²) in [6.07, 6.45) is 7.16. The van der Waals surface area contributed by atoms with Gasteiger partial charge in [-0.25, -0.2) is 0 Å². The number of fused-ring (bicyclic) bond motifs is 2. The van der Waals surface area contributed by atoms with Gasteiger partial charge in [-0.2, -0.15) is 0 Å². The first-order valence-corrected chi connectivity index (χ1v) is 8.53. The molecule has 1 fully saturated rings. The number of nitrogens with zero attached hydrogens (tertiary/aromatic N) is 1. The van der Waals surface area contributed by atoms with E-state index in [0.29, 0.717) is 0 Å². The summed E-state index contributed by atoms with van der Waals surface area (Å²) in [5.74, 6) is 0. The summed E-state index contributed by atoms with van der Waals surface area (Å²) in [4.78, 5) is 2.54. The minimum atomic E-state index is -0.128. The standard InChI is InChI=1S/C21H23NO/c1-2-7-18(8-3-1)17-22-14-12-21(13-15-22)20-11-5-4-9-19(20)10-6-16-23-21/h1-9,11,16H,10,12-15,17H2. The smallest absolute Gasteiger partial charge is 0.136 e. The van der Waals surface area contributed by atoms with Crippen molar-refractivity contribution in [3.05, 3.63) is 83.6 Å². The third-order valence-corrected chi connectivity index (χ3v) is 5.15. The lowest BCUT2D eigenvalue weighted by atomic mass is 9.81. The summed E-state index contributed by atoms with van der Waals surface area (Å²) in [5, 5.41) is 0. The van der Waals surface area contributed by atoms with Crippen LogP contribution < -0.4 is 0 Å². The average molecular weight is 305 g/mol. The molecule has 0 saturated carbocycles. The molecular formula is C21H23NO. The van der Waals surface area contributed by atoms with E-state index in [4.69, 9.17) is 4.74 Å². The highest BCUT2D eigenvalue weighted by Gasteiger charge is 2.39. The van der Waals surface area contributed by atoms with Gasteiger partial charge in [0, 0.05) is 32.5 Å². The van der Waals surface area contributed by atoms with Crippen LogP contribution in [0.3, 0.4) is 0 Å². The Kier molecular flexibility index (Phi) is 3.92. The Labute approximate surface area is 138 Å². The number of likely N-dealkylation sites (tertiary alicyclic amines) is 1. The average Bonchev–Trinajstić information content (AvgIpc) is 2.79. The molecule has 0 N–H and O–H groups in total. The Morgan fingerprint density at radius 3 is 2.48 bits per heavy atom. The van der Waals surface area contributed by atoms with E-state index in [9.17, 15) is 0 Å². The van der Waals surface area contributed by atoms with Crippen LogP contribution in [0.25, 0.3) is 0 Å².